The molecule has 3 nitrogen and oxygen atoms in total. The van der Waals surface area contributed by atoms with E-state index in [1.807, 2.05) is 0 Å². The summed E-state index contributed by atoms with van der Waals surface area (Å²) in [5.41, 5.74) is -2.77. The molecule has 9 heteroatoms. The van der Waals surface area contributed by atoms with Crippen molar-refractivity contribution in [1.82, 2.24) is 5.32 Å². The SMILES string of the molecule is C#CC(C)(CC)NC(=O)c1cc(C(F)(F)F)ccc1NCCC(F)(F)F. The Morgan fingerprint density at radius 2 is 1.81 bits per heavy atom. The normalized spacial score (nSPS) is 14.3. The lowest BCUT2D eigenvalue weighted by Gasteiger charge is -2.24. The van der Waals surface area contributed by atoms with Crippen LogP contribution in [0.3, 0.4) is 0 Å². The van der Waals surface area contributed by atoms with Gasteiger partial charge >= 0.3 is 12.4 Å². The van der Waals surface area contributed by atoms with Gasteiger partial charge in [-0.1, -0.05) is 12.8 Å². The van der Waals surface area contributed by atoms with Crippen LogP contribution < -0.4 is 10.6 Å². The van der Waals surface area contributed by atoms with Gasteiger partial charge in [-0.15, -0.1) is 6.42 Å². The van der Waals surface area contributed by atoms with Gasteiger partial charge in [-0.05, 0) is 31.5 Å². The number of rotatable bonds is 6. The Morgan fingerprint density at radius 1 is 1.19 bits per heavy atom. The van der Waals surface area contributed by atoms with E-state index in [0.717, 1.165) is 6.07 Å². The molecule has 0 aromatic heterocycles. The maximum atomic E-state index is 12.9. The summed E-state index contributed by atoms with van der Waals surface area (Å²) in [7, 11) is 0. The Bertz CT molecular complexity index is 690. The van der Waals surface area contributed by atoms with Gasteiger partial charge in [-0.3, -0.25) is 4.79 Å². The van der Waals surface area contributed by atoms with Gasteiger partial charge < -0.3 is 10.6 Å². The van der Waals surface area contributed by atoms with E-state index in [1.165, 1.54) is 6.92 Å². The minimum Gasteiger partial charge on any atom is -0.384 e. The molecule has 1 aromatic rings. The van der Waals surface area contributed by atoms with Crippen molar-refractivity contribution in [3.8, 4) is 12.3 Å². The van der Waals surface area contributed by atoms with Gasteiger partial charge in [0.05, 0.1) is 23.1 Å². The summed E-state index contributed by atoms with van der Waals surface area (Å²) >= 11 is 0. The molecular formula is C17H18F6N2O. The number of halogens is 6. The maximum Gasteiger partial charge on any atom is 0.416 e. The van der Waals surface area contributed by atoms with Gasteiger partial charge in [0, 0.05) is 12.2 Å². The topological polar surface area (TPSA) is 41.1 Å². The van der Waals surface area contributed by atoms with Gasteiger partial charge in [0.15, 0.2) is 0 Å². The summed E-state index contributed by atoms with van der Waals surface area (Å²) in [6, 6.07) is 2.19. The molecule has 0 aliphatic rings. The number of amides is 1. The third kappa shape index (κ3) is 6.17. The van der Waals surface area contributed by atoms with E-state index in [0.29, 0.717) is 18.6 Å². The highest BCUT2D eigenvalue weighted by atomic mass is 19.4. The van der Waals surface area contributed by atoms with Crippen molar-refractivity contribution in [3.63, 3.8) is 0 Å². The Morgan fingerprint density at radius 3 is 2.27 bits per heavy atom. The van der Waals surface area contributed by atoms with E-state index in [2.05, 4.69) is 16.6 Å². The number of benzene rings is 1. The molecule has 0 aliphatic carbocycles. The molecule has 144 valence electrons. The van der Waals surface area contributed by atoms with Crippen molar-refractivity contribution in [2.24, 2.45) is 0 Å². The quantitative estimate of drug-likeness (QED) is 0.559. The Labute approximate surface area is 147 Å². The highest BCUT2D eigenvalue weighted by Crippen LogP contribution is 2.32. The van der Waals surface area contributed by atoms with Crippen molar-refractivity contribution in [1.29, 1.82) is 0 Å². The smallest absolute Gasteiger partial charge is 0.384 e. The number of carbonyl (C=O) groups is 1. The minimum atomic E-state index is -4.71. The van der Waals surface area contributed by atoms with Crippen molar-refractivity contribution in [2.75, 3.05) is 11.9 Å². The number of terminal acetylenes is 1. The van der Waals surface area contributed by atoms with Crippen LogP contribution in [0.2, 0.25) is 0 Å². The first-order valence-corrected chi connectivity index (χ1v) is 7.63. The van der Waals surface area contributed by atoms with Crippen molar-refractivity contribution >= 4 is 11.6 Å². The molecule has 0 bridgehead atoms. The lowest BCUT2D eigenvalue weighted by atomic mass is 9.98. The van der Waals surface area contributed by atoms with Gasteiger partial charge in [0.1, 0.15) is 0 Å². The first-order chi connectivity index (χ1) is 11.8. The third-order valence-corrected chi connectivity index (χ3v) is 3.73. The van der Waals surface area contributed by atoms with Gasteiger partial charge in [-0.25, -0.2) is 0 Å². The van der Waals surface area contributed by atoms with Gasteiger partial charge in [0.25, 0.3) is 5.91 Å². The third-order valence-electron chi connectivity index (χ3n) is 3.73. The summed E-state index contributed by atoms with van der Waals surface area (Å²) in [6.45, 7) is 2.60. The lowest BCUT2D eigenvalue weighted by molar-refractivity contribution is -0.137. The van der Waals surface area contributed by atoms with Crippen molar-refractivity contribution in [2.45, 2.75) is 44.6 Å². The molecule has 0 saturated heterocycles. The zero-order valence-electron chi connectivity index (χ0n) is 14.1. The molecule has 26 heavy (non-hydrogen) atoms. The lowest BCUT2D eigenvalue weighted by Crippen LogP contribution is -2.44. The van der Waals surface area contributed by atoms with Crippen molar-refractivity contribution < 1.29 is 31.1 Å². The number of hydrogen-bond donors (Lipinski definition) is 2. The zero-order chi connectivity index (χ0) is 20.2. The molecule has 0 heterocycles. The van der Waals surface area contributed by atoms with Crippen molar-refractivity contribution in [3.05, 3.63) is 29.3 Å². The fourth-order valence-electron chi connectivity index (χ4n) is 1.95. The van der Waals surface area contributed by atoms with Crippen LogP contribution in [-0.4, -0.2) is 24.2 Å². The van der Waals surface area contributed by atoms with Crippen LogP contribution in [0.1, 0.15) is 42.6 Å². The molecular weight excluding hydrogens is 362 g/mol. The second-order valence-electron chi connectivity index (χ2n) is 5.83. The molecule has 1 atom stereocenters. The molecule has 0 spiro atoms. The van der Waals surface area contributed by atoms with E-state index in [1.54, 1.807) is 6.92 Å². The van der Waals surface area contributed by atoms with Crippen LogP contribution in [0, 0.1) is 12.3 Å². The van der Waals surface area contributed by atoms with E-state index < -0.39 is 47.9 Å². The average molecular weight is 380 g/mol. The largest absolute Gasteiger partial charge is 0.416 e. The molecule has 0 saturated carbocycles. The average Bonchev–Trinajstić information content (AvgIpc) is 2.52. The molecule has 2 N–H and O–H groups in total. The number of anilines is 1. The Hall–Kier alpha value is -2.37. The second-order valence-corrected chi connectivity index (χ2v) is 5.83. The monoisotopic (exact) mass is 380 g/mol. The molecule has 1 unspecified atom stereocenters. The van der Waals surface area contributed by atoms with Crippen LogP contribution in [0.4, 0.5) is 32.0 Å². The minimum absolute atomic E-state index is 0.143. The summed E-state index contributed by atoms with van der Waals surface area (Å²) in [4.78, 5) is 12.4. The summed E-state index contributed by atoms with van der Waals surface area (Å²) in [6.07, 6.45) is -4.72. The van der Waals surface area contributed by atoms with Crippen LogP contribution in [0.5, 0.6) is 0 Å². The Kier molecular flexibility index (Phi) is 6.58. The maximum absolute atomic E-state index is 12.9. The molecule has 0 fully saturated rings. The standard InChI is InChI=1S/C17H18F6N2O/c1-4-15(3,5-2)25-14(26)12-10-11(17(21,22)23)6-7-13(12)24-9-8-16(18,19)20/h1,6-7,10,24H,5,8-9H2,2-3H3,(H,25,26). The second kappa shape index (κ2) is 7.89. The zero-order valence-corrected chi connectivity index (χ0v) is 14.1. The van der Waals surface area contributed by atoms with Gasteiger partial charge in [0.2, 0.25) is 0 Å². The van der Waals surface area contributed by atoms with Crippen LogP contribution in [0.15, 0.2) is 18.2 Å². The number of nitrogens with one attached hydrogen (secondary N) is 2. The fourth-order valence-corrected chi connectivity index (χ4v) is 1.95. The van der Waals surface area contributed by atoms with E-state index in [4.69, 9.17) is 6.42 Å². The molecule has 0 radical (unpaired) electrons. The van der Waals surface area contributed by atoms with Crippen LogP contribution in [0.25, 0.3) is 0 Å². The number of hydrogen-bond acceptors (Lipinski definition) is 2. The van der Waals surface area contributed by atoms with E-state index >= 15 is 0 Å². The molecule has 1 rings (SSSR count). The van der Waals surface area contributed by atoms with E-state index in [9.17, 15) is 31.1 Å². The summed E-state index contributed by atoms with van der Waals surface area (Å²) in [5.74, 6) is 1.42. The first kappa shape index (κ1) is 21.7. The molecule has 0 aliphatic heterocycles. The summed E-state index contributed by atoms with van der Waals surface area (Å²) < 4.78 is 75.5. The van der Waals surface area contributed by atoms with Gasteiger partial charge in [-0.2, -0.15) is 26.3 Å². The highest BCUT2D eigenvalue weighted by molar-refractivity contribution is 6.00. The highest BCUT2D eigenvalue weighted by Gasteiger charge is 2.33. The summed E-state index contributed by atoms with van der Waals surface area (Å²) in [5, 5.41) is 4.78. The predicted octanol–water partition coefficient (Wildman–Crippen LogP) is 4.60. The van der Waals surface area contributed by atoms with Crippen LogP contribution in [-0.2, 0) is 6.18 Å². The predicted molar refractivity (Wildman–Crippen MR) is 85.6 cm³/mol. The number of alkyl halides is 6. The fraction of sp³-hybridized carbons (Fsp3) is 0.471. The Balaban J connectivity index is 3.18. The van der Waals surface area contributed by atoms with E-state index in [-0.39, 0.29) is 5.69 Å². The van der Waals surface area contributed by atoms with Crippen LogP contribution >= 0.6 is 0 Å². The molecule has 1 aromatic carbocycles. The molecule has 1 amide bonds. The number of carbonyl (C=O) groups excluding carboxylic acids is 1. The first-order valence-electron chi connectivity index (χ1n) is 7.63.